The van der Waals surface area contributed by atoms with Crippen LogP contribution < -0.4 is 16.6 Å². The maximum absolute atomic E-state index is 14.2. The normalized spacial score (nSPS) is 16.4. The lowest BCUT2D eigenvalue weighted by Gasteiger charge is -2.49. The van der Waals surface area contributed by atoms with Crippen molar-refractivity contribution in [3.05, 3.63) is 50.6 Å². The molecule has 0 spiro atoms. The first-order valence-electron chi connectivity index (χ1n) is 8.72. The van der Waals surface area contributed by atoms with Crippen molar-refractivity contribution < 1.29 is 14.3 Å². The fraction of sp³-hybridized carbons (Fsp3) is 0.389. The Kier molecular flexibility index (Phi) is 5.55. The summed E-state index contributed by atoms with van der Waals surface area (Å²) in [4.78, 5) is 26.3. The van der Waals surface area contributed by atoms with Crippen molar-refractivity contribution in [3.8, 4) is 0 Å². The van der Waals surface area contributed by atoms with E-state index in [4.69, 9.17) is 5.73 Å². The van der Waals surface area contributed by atoms with E-state index in [0.717, 1.165) is 4.68 Å². The molecule has 28 heavy (non-hydrogen) atoms. The van der Waals surface area contributed by atoms with Crippen molar-refractivity contribution in [1.29, 1.82) is 0 Å². The molecule has 150 valence electrons. The minimum absolute atomic E-state index is 0.0449. The zero-order chi connectivity index (χ0) is 20.6. The summed E-state index contributed by atoms with van der Waals surface area (Å²) in [6, 6.07) is 5.11. The van der Waals surface area contributed by atoms with Gasteiger partial charge in [0.05, 0.1) is 24.5 Å². The second-order valence-corrected chi connectivity index (χ2v) is 7.81. The first-order valence-corrected chi connectivity index (χ1v) is 9.51. The van der Waals surface area contributed by atoms with E-state index in [-0.39, 0.29) is 30.2 Å². The molecule has 0 unspecified atom stereocenters. The van der Waals surface area contributed by atoms with Crippen molar-refractivity contribution in [2.24, 2.45) is 12.8 Å². The van der Waals surface area contributed by atoms with Gasteiger partial charge < -0.3 is 21.1 Å². The number of halogens is 2. The predicted octanol–water partition coefficient (Wildman–Crippen LogP) is 1.35. The van der Waals surface area contributed by atoms with E-state index in [0.29, 0.717) is 10.9 Å². The Hall–Kier alpha value is -2.30. The zero-order valence-electron chi connectivity index (χ0n) is 15.4. The fourth-order valence-corrected chi connectivity index (χ4v) is 3.38. The second-order valence-electron chi connectivity index (χ2n) is 6.90. The van der Waals surface area contributed by atoms with Crippen LogP contribution >= 0.6 is 15.9 Å². The number of nitrogens with two attached hydrogens (primary N) is 1. The summed E-state index contributed by atoms with van der Waals surface area (Å²) in [5.41, 5.74) is 4.46. The van der Waals surface area contributed by atoms with Gasteiger partial charge in [-0.3, -0.25) is 9.59 Å². The zero-order valence-corrected chi connectivity index (χ0v) is 17.0. The van der Waals surface area contributed by atoms with Crippen LogP contribution in [0.4, 0.5) is 15.8 Å². The largest absolute Gasteiger partial charge is 0.385 e. The SMILES string of the molecule is CC[C@H](N)C1(O)CN(C(=O)c2nn(C)c(=O)cc2Nc2ccc(Br)cc2F)C1. The fourth-order valence-electron chi connectivity index (χ4n) is 3.05. The smallest absolute Gasteiger partial charge is 0.276 e. The van der Waals surface area contributed by atoms with Gasteiger partial charge in [-0.1, -0.05) is 22.9 Å². The maximum atomic E-state index is 14.2. The van der Waals surface area contributed by atoms with E-state index in [1.54, 1.807) is 6.07 Å². The number of aliphatic hydroxyl groups is 1. The third-order valence-electron chi connectivity index (χ3n) is 4.84. The summed E-state index contributed by atoms with van der Waals surface area (Å²) in [6.45, 7) is 1.99. The topological polar surface area (TPSA) is 113 Å². The number of rotatable bonds is 5. The first kappa shape index (κ1) is 20.4. The van der Waals surface area contributed by atoms with Crippen LogP contribution in [0, 0.1) is 5.82 Å². The van der Waals surface area contributed by atoms with Crippen molar-refractivity contribution in [1.82, 2.24) is 14.7 Å². The molecular weight excluding hydrogens is 433 g/mol. The molecule has 0 saturated carbocycles. The van der Waals surface area contributed by atoms with Gasteiger partial charge in [-0.15, -0.1) is 0 Å². The van der Waals surface area contributed by atoms with E-state index < -0.39 is 28.9 Å². The Labute approximate surface area is 169 Å². The molecule has 4 N–H and O–H groups in total. The molecule has 10 heteroatoms. The number of hydrogen-bond donors (Lipinski definition) is 3. The lowest BCUT2D eigenvalue weighted by atomic mass is 9.85. The van der Waals surface area contributed by atoms with Gasteiger partial charge in [0.1, 0.15) is 11.4 Å². The molecule has 1 aromatic heterocycles. The van der Waals surface area contributed by atoms with E-state index in [1.165, 1.54) is 30.1 Å². The molecule has 2 heterocycles. The minimum Gasteiger partial charge on any atom is -0.385 e. The Morgan fingerprint density at radius 1 is 1.43 bits per heavy atom. The molecule has 0 aliphatic carbocycles. The van der Waals surface area contributed by atoms with E-state index in [9.17, 15) is 19.1 Å². The van der Waals surface area contributed by atoms with Crippen molar-refractivity contribution in [3.63, 3.8) is 0 Å². The molecule has 1 aliphatic heterocycles. The third kappa shape index (κ3) is 3.80. The summed E-state index contributed by atoms with van der Waals surface area (Å²) >= 11 is 3.18. The Bertz CT molecular complexity index is 974. The molecule has 1 aromatic carbocycles. The van der Waals surface area contributed by atoms with Gasteiger partial charge in [0, 0.05) is 23.6 Å². The average molecular weight is 454 g/mol. The highest BCUT2D eigenvalue weighted by Crippen LogP contribution is 2.29. The molecule has 1 atom stereocenters. The van der Waals surface area contributed by atoms with Gasteiger partial charge in [-0.25, -0.2) is 9.07 Å². The molecule has 1 saturated heterocycles. The number of carbonyl (C=O) groups excluding carboxylic acids is 1. The van der Waals surface area contributed by atoms with Gasteiger partial charge in [0.15, 0.2) is 5.69 Å². The number of nitrogens with zero attached hydrogens (tertiary/aromatic N) is 3. The van der Waals surface area contributed by atoms with E-state index in [1.807, 2.05) is 6.92 Å². The number of aromatic nitrogens is 2. The number of likely N-dealkylation sites (tertiary alicyclic amines) is 1. The molecule has 8 nitrogen and oxygen atoms in total. The molecule has 0 radical (unpaired) electrons. The second kappa shape index (κ2) is 7.61. The number of aryl methyl sites for hydroxylation is 1. The highest BCUT2D eigenvalue weighted by atomic mass is 79.9. The van der Waals surface area contributed by atoms with Gasteiger partial charge in [0.25, 0.3) is 11.5 Å². The van der Waals surface area contributed by atoms with Gasteiger partial charge in [-0.05, 0) is 24.6 Å². The van der Waals surface area contributed by atoms with Crippen LogP contribution in [0.5, 0.6) is 0 Å². The van der Waals surface area contributed by atoms with Gasteiger partial charge in [-0.2, -0.15) is 5.10 Å². The van der Waals surface area contributed by atoms with Crippen LogP contribution in [0.25, 0.3) is 0 Å². The molecule has 0 bridgehead atoms. The lowest BCUT2D eigenvalue weighted by molar-refractivity contribution is -0.0973. The lowest BCUT2D eigenvalue weighted by Crippen LogP contribution is -2.70. The summed E-state index contributed by atoms with van der Waals surface area (Å²) < 4.78 is 15.8. The minimum atomic E-state index is -1.14. The Morgan fingerprint density at radius 3 is 2.71 bits per heavy atom. The highest BCUT2D eigenvalue weighted by Gasteiger charge is 2.48. The van der Waals surface area contributed by atoms with Crippen molar-refractivity contribution in [2.45, 2.75) is 25.0 Å². The van der Waals surface area contributed by atoms with Crippen LogP contribution in [0.3, 0.4) is 0 Å². The van der Waals surface area contributed by atoms with Gasteiger partial charge >= 0.3 is 0 Å². The first-order chi connectivity index (χ1) is 13.1. The highest BCUT2D eigenvalue weighted by molar-refractivity contribution is 9.10. The number of nitrogens with one attached hydrogen (secondary N) is 1. The van der Waals surface area contributed by atoms with Crippen LogP contribution in [-0.2, 0) is 7.05 Å². The van der Waals surface area contributed by atoms with E-state index in [2.05, 4.69) is 26.3 Å². The molecule has 2 aromatic rings. The quantitative estimate of drug-likeness (QED) is 0.629. The molecule has 1 aliphatic rings. The van der Waals surface area contributed by atoms with Crippen molar-refractivity contribution in [2.75, 3.05) is 18.4 Å². The summed E-state index contributed by atoms with van der Waals surface area (Å²) in [6.07, 6.45) is 0.576. The number of hydrogen-bond acceptors (Lipinski definition) is 6. The molecular formula is C18H21BrFN5O3. The van der Waals surface area contributed by atoms with Gasteiger partial charge in [0.2, 0.25) is 0 Å². The molecule has 1 amide bonds. The van der Waals surface area contributed by atoms with Crippen molar-refractivity contribution >= 4 is 33.2 Å². The summed E-state index contributed by atoms with van der Waals surface area (Å²) in [7, 11) is 1.42. The Balaban J connectivity index is 1.90. The number of benzene rings is 1. The van der Waals surface area contributed by atoms with E-state index >= 15 is 0 Å². The predicted molar refractivity (Wildman–Crippen MR) is 106 cm³/mol. The third-order valence-corrected chi connectivity index (χ3v) is 5.33. The molecule has 1 fully saturated rings. The Morgan fingerprint density at radius 2 is 2.11 bits per heavy atom. The van der Waals surface area contributed by atoms with Crippen LogP contribution in [0.15, 0.2) is 33.5 Å². The number of β-amino-alcohol motifs (C(OH)–C–C–N with tert-alkyl or cyclic N) is 1. The summed E-state index contributed by atoms with van der Waals surface area (Å²) in [5, 5.41) is 17.3. The van der Waals surface area contributed by atoms with Crippen LogP contribution in [0.1, 0.15) is 23.8 Å². The molecule has 3 rings (SSSR count). The number of carbonyl (C=O) groups is 1. The standard InChI is InChI=1S/C18H21BrFN5O3/c1-3-14(21)18(28)8-25(9-18)17(27)16-13(7-15(26)24(2)23-16)22-12-5-4-10(19)6-11(12)20/h4-7,14,22,28H,3,8-9,21H2,1-2H3/t14-/m0/s1. The average Bonchev–Trinajstić information content (AvgIpc) is 2.62. The number of anilines is 2. The monoisotopic (exact) mass is 453 g/mol. The number of amides is 1. The summed E-state index contributed by atoms with van der Waals surface area (Å²) in [5.74, 6) is -1.04. The maximum Gasteiger partial charge on any atom is 0.276 e. The van der Waals surface area contributed by atoms with Crippen LogP contribution in [-0.4, -0.2) is 50.4 Å². The van der Waals surface area contributed by atoms with Crippen LogP contribution in [0.2, 0.25) is 0 Å².